The highest BCUT2D eigenvalue weighted by molar-refractivity contribution is 5.60. The second kappa shape index (κ2) is 9.59. The Morgan fingerprint density at radius 2 is 1.77 bits per heavy atom. The molecule has 1 aliphatic rings. The van der Waals surface area contributed by atoms with Crippen molar-refractivity contribution in [2.75, 3.05) is 44.2 Å². The van der Waals surface area contributed by atoms with E-state index in [1.807, 2.05) is 17.9 Å². The van der Waals surface area contributed by atoms with Crippen molar-refractivity contribution in [1.29, 1.82) is 0 Å². The van der Waals surface area contributed by atoms with Gasteiger partial charge < -0.3 is 14.6 Å². The van der Waals surface area contributed by atoms with E-state index in [-0.39, 0.29) is 11.3 Å². The lowest BCUT2D eigenvalue weighted by atomic mass is 10.1. The minimum absolute atomic E-state index is 0.240. The van der Waals surface area contributed by atoms with E-state index >= 15 is 0 Å². The lowest BCUT2D eigenvalue weighted by molar-refractivity contribution is -0.153. The summed E-state index contributed by atoms with van der Waals surface area (Å²) < 4.78 is 44.0. The number of alkyl halides is 3. The molecule has 10 heteroatoms. The predicted octanol–water partition coefficient (Wildman–Crippen LogP) is 2.31. The minimum atomic E-state index is -4.39. The van der Waals surface area contributed by atoms with Gasteiger partial charge in [0.15, 0.2) is 6.61 Å². The summed E-state index contributed by atoms with van der Waals surface area (Å²) in [5.74, 6) is 0.240. The average molecular weight is 440 g/mol. The molecule has 0 spiro atoms. The SMILES string of the molecule is Cc1ccc(N2CCN(CCCn3c(=O)[nH]cc(C)c3=O)CC2)c(OCC(F)(F)F)c1. The maximum atomic E-state index is 12.6. The summed E-state index contributed by atoms with van der Waals surface area (Å²) in [5.41, 5.74) is 1.30. The summed E-state index contributed by atoms with van der Waals surface area (Å²) >= 11 is 0. The number of piperazine rings is 1. The number of aryl methyl sites for hydroxylation is 2. The highest BCUT2D eigenvalue weighted by Crippen LogP contribution is 2.31. The van der Waals surface area contributed by atoms with Crippen molar-refractivity contribution in [1.82, 2.24) is 14.5 Å². The summed E-state index contributed by atoms with van der Waals surface area (Å²) in [6, 6.07) is 5.29. The normalized spacial score (nSPS) is 15.3. The van der Waals surface area contributed by atoms with Crippen LogP contribution in [0.25, 0.3) is 0 Å². The smallest absolute Gasteiger partial charge is 0.422 e. The standard InChI is InChI=1S/C21H27F3N4O3/c1-15-4-5-17(18(12-15)31-14-21(22,23)24)27-10-8-26(9-11-27)6-3-7-28-19(29)16(2)13-25-20(28)30/h4-5,12-13H,3,6-11,14H2,1-2H3,(H,25,30). The van der Waals surface area contributed by atoms with Crippen LogP contribution in [0.5, 0.6) is 5.75 Å². The zero-order valence-corrected chi connectivity index (χ0v) is 17.7. The third-order valence-corrected chi connectivity index (χ3v) is 5.32. The van der Waals surface area contributed by atoms with Gasteiger partial charge in [-0.05, 0) is 44.5 Å². The van der Waals surface area contributed by atoms with Crippen molar-refractivity contribution in [3.05, 3.63) is 56.4 Å². The van der Waals surface area contributed by atoms with Gasteiger partial charge in [-0.15, -0.1) is 0 Å². The van der Waals surface area contributed by atoms with Gasteiger partial charge in [0.25, 0.3) is 5.56 Å². The highest BCUT2D eigenvalue weighted by atomic mass is 19.4. The second-order valence-electron chi connectivity index (χ2n) is 7.79. The number of ether oxygens (including phenoxy) is 1. The van der Waals surface area contributed by atoms with Crippen molar-refractivity contribution >= 4 is 5.69 Å². The van der Waals surface area contributed by atoms with E-state index in [0.717, 1.165) is 25.2 Å². The Hall–Kier alpha value is -2.75. The molecular formula is C21H27F3N4O3. The molecule has 2 heterocycles. The summed E-state index contributed by atoms with van der Waals surface area (Å²) in [7, 11) is 0. The lowest BCUT2D eigenvalue weighted by Gasteiger charge is -2.36. The molecule has 1 aliphatic heterocycles. The monoisotopic (exact) mass is 440 g/mol. The first kappa shape index (κ1) is 22.9. The molecule has 0 amide bonds. The van der Waals surface area contributed by atoms with Gasteiger partial charge in [0.1, 0.15) is 5.75 Å². The molecule has 0 unspecified atom stereocenters. The number of nitrogens with zero attached hydrogens (tertiary/aromatic N) is 3. The molecule has 0 atom stereocenters. The third-order valence-electron chi connectivity index (χ3n) is 5.32. The molecule has 0 aliphatic carbocycles. The number of aromatic nitrogens is 2. The summed E-state index contributed by atoms with van der Waals surface area (Å²) in [5, 5.41) is 0. The molecule has 0 saturated carbocycles. The molecule has 0 bridgehead atoms. The van der Waals surface area contributed by atoms with Crippen LogP contribution >= 0.6 is 0 Å². The Morgan fingerprint density at radius 3 is 2.45 bits per heavy atom. The summed E-state index contributed by atoms with van der Waals surface area (Å²) in [6.07, 6.45) is -2.32. The predicted molar refractivity (Wildman–Crippen MR) is 112 cm³/mol. The van der Waals surface area contributed by atoms with Crippen LogP contribution in [0.3, 0.4) is 0 Å². The number of anilines is 1. The van der Waals surface area contributed by atoms with Crippen molar-refractivity contribution < 1.29 is 17.9 Å². The quantitative estimate of drug-likeness (QED) is 0.716. The summed E-state index contributed by atoms with van der Waals surface area (Å²) in [4.78, 5) is 30.7. The number of rotatable bonds is 7. The van der Waals surface area contributed by atoms with Crippen LogP contribution in [0.15, 0.2) is 34.0 Å². The van der Waals surface area contributed by atoms with Gasteiger partial charge >= 0.3 is 11.9 Å². The molecule has 0 radical (unpaired) electrons. The van der Waals surface area contributed by atoms with Crippen LogP contribution in [0.1, 0.15) is 17.5 Å². The number of hydrogen-bond acceptors (Lipinski definition) is 5. The molecule has 1 saturated heterocycles. The maximum absolute atomic E-state index is 12.6. The lowest BCUT2D eigenvalue weighted by Crippen LogP contribution is -2.47. The van der Waals surface area contributed by atoms with E-state index in [0.29, 0.717) is 37.3 Å². The van der Waals surface area contributed by atoms with Crippen LogP contribution < -0.4 is 20.9 Å². The van der Waals surface area contributed by atoms with E-state index in [4.69, 9.17) is 4.74 Å². The molecule has 31 heavy (non-hydrogen) atoms. The Kier molecular flexibility index (Phi) is 7.09. The van der Waals surface area contributed by atoms with Crippen LogP contribution in [0.2, 0.25) is 0 Å². The molecule has 2 aromatic rings. The van der Waals surface area contributed by atoms with E-state index in [2.05, 4.69) is 9.88 Å². The zero-order valence-electron chi connectivity index (χ0n) is 17.7. The topological polar surface area (TPSA) is 70.6 Å². The molecule has 1 fully saturated rings. The first-order valence-electron chi connectivity index (χ1n) is 10.2. The van der Waals surface area contributed by atoms with Crippen molar-refractivity contribution in [2.24, 2.45) is 0 Å². The molecule has 1 N–H and O–H groups in total. The van der Waals surface area contributed by atoms with E-state index < -0.39 is 18.5 Å². The van der Waals surface area contributed by atoms with Gasteiger partial charge in [0, 0.05) is 44.5 Å². The van der Waals surface area contributed by atoms with E-state index in [9.17, 15) is 22.8 Å². The Labute approximate surface area is 178 Å². The van der Waals surface area contributed by atoms with Crippen LogP contribution in [-0.2, 0) is 6.54 Å². The van der Waals surface area contributed by atoms with Crippen molar-refractivity contribution in [3.8, 4) is 5.75 Å². The Bertz CT molecular complexity index is 1010. The first-order valence-corrected chi connectivity index (χ1v) is 10.2. The van der Waals surface area contributed by atoms with E-state index in [1.54, 1.807) is 19.1 Å². The average Bonchev–Trinajstić information content (AvgIpc) is 2.72. The van der Waals surface area contributed by atoms with Gasteiger partial charge in [-0.3, -0.25) is 14.3 Å². The maximum Gasteiger partial charge on any atom is 0.422 e. The Morgan fingerprint density at radius 1 is 1.06 bits per heavy atom. The van der Waals surface area contributed by atoms with Crippen molar-refractivity contribution in [2.45, 2.75) is 33.0 Å². The molecule has 3 rings (SSSR count). The largest absolute Gasteiger partial charge is 0.482 e. The fraction of sp³-hybridized carbons (Fsp3) is 0.524. The van der Waals surface area contributed by atoms with E-state index in [1.165, 1.54) is 10.8 Å². The molecule has 1 aromatic carbocycles. The Balaban J connectivity index is 1.55. The number of H-pyrrole nitrogens is 1. The second-order valence-corrected chi connectivity index (χ2v) is 7.79. The number of aromatic amines is 1. The molecule has 1 aromatic heterocycles. The highest BCUT2D eigenvalue weighted by Gasteiger charge is 2.29. The van der Waals surface area contributed by atoms with Crippen LogP contribution in [0.4, 0.5) is 18.9 Å². The molecular weight excluding hydrogens is 413 g/mol. The van der Waals surface area contributed by atoms with Crippen LogP contribution in [0, 0.1) is 13.8 Å². The van der Waals surface area contributed by atoms with Crippen molar-refractivity contribution in [3.63, 3.8) is 0 Å². The molecule has 7 nitrogen and oxygen atoms in total. The van der Waals surface area contributed by atoms with Gasteiger partial charge in [-0.2, -0.15) is 13.2 Å². The van der Waals surface area contributed by atoms with Gasteiger partial charge in [0.2, 0.25) is 0 Å². The number of nitrogens with one attached hydrogen (secondary N) is 1. The minimum Gasteiger partial charge on any atom is -0.482 e. The fourth-order valence-corrected chi connectivity index (χ4v) is 3.64. The third kappa shape index (κ3) is 6.13. The first-order chi connectivity index (χ1) is 14.6. The zero-order chi connectivity index (χ0) is 22.6. The van der Waals surface area contributed by atoms with Gasteiger partial charge in [-0.25, -0.2) is 4.79 Å². The fourth-order valence-electron chi connectivity index (χ4n) is 3.64. The summed E-state index contributed by atoms with van der Waals surface area (Å²) in [6.45, 7) is 5.96. The van der Waals surface area contributed by atoms with Crippen LogP contribution in [-0.4, -0.2) is 60.0 Å². The number of halogens is 3. The number of hydrogen-bond donors (Lipinski definition) is 1. The molecule has 170 valence electrons. The van der Waals surface area contributed by atoms with Gasteiger partial charge in [0.05, 0.1) is 5.69 Å². The number of benzene rings is 1. The van der Waals surface area contributed by atoms with Gasteiger partial charge in [-0.1, -0.05) is 6.07 Å².